The largest absolute Gasteiger partial charge is 0.336 e. The highest BCUT2D eigenvalue weighted by atomic mass is 19.1. The zero-order chi connectivity index (χ0) is 18.9. The van der Waals surface area contributed by atoms with Crippen molar-refractivity contribution < 1.29 is 8.91 Å². The van der Waals surface area contributed by atoms with Crippen molar-refractivity contribution in [1.29, 1.82) is 0 Å². The molecule has 2 aliphatic rings. The van der Waals surface area contributed by atoms with Crippen LogP contribution < -0.4 is 5.32 Å². The van der Waals surface area contributed by atoms with Gasteiger partial charge >= 0.3 is 6.01 Å². The molecule has 1 atom stereocenters. The Kier molecular flexibility index (Phi) is 5.14. The van der Waals surface area contributed by atoms with Gasteiger partial charge < -0.3 is 14.7 Å². The number of hydrogen-bond acceptors (Lipinski definition) is 6. The fourth-order valence-electron chi connectivity index (χ4n) is 3.91. The molecule has 0 bridgehead atoms. The summed E-state index contributed by atoms with van der Waals surface area (Å²) in [6.07, 6.45) is 1.94. The Balaban J connectivity index is 1.34. The van der Waals surface area contributed by atoms with Crippen molar-refractivity contribution >= 4 is 6.01 Å². The fourth-order valence-corrected chi connectivity index (χ4v) is 3.91. The van der Waals surface area contributed by atoms with E-state index in [0.29, 0.717) is 17.9 Å². The van der Waals surface area contributed by atoms with Gasteiger partial charge in [-0.3, -0.25) is 4.90 Å². The van der Waals surface area contributed by atoms with Crippen molar-refractivity contribution in [1.82, 2.24) is 19.9 Å². The summed E-state index contributed by atoms with van der Waals surface area (Å²) in [5.41, 5.74) is 0.845. The number of aromatic nitrogens is 2. The minimum absolute atomic E-state index is 0.209. The molecule has 2 aromatic rings. The van der Waals surface area contributed by atoms with Crippen LogP contribution in [0.15, 0.2) is 28.8 Å². The van der Waals surface area contributed by atoms with Crippen molar-refractivity contribution in [2.45, 2.75) is 38.1 Å². The first-order valence-electron chi connectivity index (χ1n) is 9.91. The lowest BCUT2D eigenvalue weighted by Crippen LogP contribution is -2.51. The van der Waals surface area contributed by atoms with Crippen LogP contribution in [0.1, 0.15) is 38.1 Å². The summed E-state index contributed by atoms with van der Waals surface area (Å²) in [6, 6.07) is 7.51. The van der Waals surface area contributed by atoms with Gasteiger partial charge in [-0.1, -0.05) is 24.2 Å². The van der Waals surface area contributed by atoms with E-state index in [1.807, 2.05) is 12.1 Å². The molecule has 6 nitrogen and oxygen atoms in total. The normalized spacial score (nSPS) is 21.1. The molecule has 1 aliphatic carbocycles. The molecule has 1 saturated heterocycles. The highest BCUT2D eigenvalue weighted by Crippen LogP contribution is 2.52. The summed E-state index contributed by atoms with van der Waals surface area (Å²) < 4.78 is 18.6. The summed E-state index contributed by atoms with van der Waals surface area (Å²) in [5, 5.41) is 7.49. The van der Waals surface area contributed by atoms with Gasteiger partial charge in [-0.05, 0) is 44.0 Å². The number of benzene rings is 1. The predicted molar refractivity (Wildman–Crippen MR) is 102 cm³/mol. The van der Waals surface area contributed by atoms with Crippen LogP contribution in [0.3, 0.4) is 0 Å². The maximum Gasteiger partial charge on any atom is 0.321 e. The van der Waals surface area contributed by atoms with Crippen molar-refractivity contribution in [3.8, 4) is 0 Å². The first-order valence-corrected chi connectivity index (χ1v) is 9.91. The molecule has 0 spiro atoms. The SMILES string of the molecule is CCN1CCN(C(C)CNc2nc(C3(c4ccc(F)cc4)CC3)no2)CC1. The molecule has 2 heterocycles. The van der Waals surface area contributed by atoms with Crippen LogP contribution in [0.2, 0.25) is 0 Å². The number of likely N-dealkylation sites (N-methyl/N-ethyl adjacent to an activating group) is 1. The topological polar surface area (TPSA) is 57.4 Å². The Morgan fingerprint density at radius 2 is 1.89 bits per heavy atom. The lowest BCUT2D eigenvalue weighted by molar-refractivity contribution is 0.110. The second kappa shape index (κ2) is 7.56. The Hall–Kier alpha value is -1.99. The van der Waals surface area contributed by atoms with Crippen molar-refractivity contribution in [3.05, 3.63) is 41.5 Å². The van der Waals surface area contributed by atoms with Crippen molar-refractivity contribution in [3.63, 3.8) is 0 Å². The Bertz CT molecular complexity index is 750. The monoisotopic (exact) mass is 373 g/mol. The number of nitrogens with zero attached hydrogens (tertiary/aromatic N) is 4. The predicted octanol–water partition coefficient (Wildman–Crippen LogP) is 2.73. The van der Waals surface area contributed by atoms with Crippen LogP contribution in [-0.4, -0.2) is 65.3 Å². The molecule has 1 N–H and O–H groups in total. The molecular formula is C20H28FN5O. The number of halogens is 1. The third-order valence-electron chi connectivity index (χ3n) is 6.03. The van der Waals surface area contributed by atoms with Crippen LogP contribution >= 0.6 is 0 Å². The first-order chi connectivity index (χ1) is 13.1. The molecule has 146 valence electrons. The molecular weight excluding hydrogens is 345 g/mol. The quantitative estimate of drug-likeness (QED) is 0.805. The minimum Gasteiger partial charge on any atom is -0.336 e. The summed E-state index contributed by atoms with van der Waals surface area (Å²) >= 11 is 0. The van der Waals surface area contributed by atoms with Gasteiger partial charge in [0.25, 0.3) is 0 Å². The van der Waals surface area contributed by atoms with Gasteiger partial charge in [0, 0.05) is 38.8 Å². The average Bonchev–Trinajstić information content (AvgIpc) is 3.37. The van der Waals surface area contributed by atoms with E-state index in [1.165, 1.54) is 12.1 Å². The average molecular weight is 373 g/mol. The Morgan fingerprint density at radius 3 is 2.52 bits per heavy atom. The zero-order valence-electron chi connectivity index (χ0n) is 16.1. The summed E-state index contributed by atoms with van der Waals surface area (Å²) in [6.45, 7) is 10.8. The summed E-state index contributed by atoms with van der Waals surface area (Å²) in [4.78, 5) is 9.55. The Labute approximate surface area is 159 Å². The van der Waals surface area contributed by atoms with Gasteiger partial charge in [-0.15, -0.1) is 0 Å². The summed E-state index contributed by atoms with van der Waals surface area (Å²) in [5.74, 6) is 0.472. The van der Waals surface area contributed by atoms with Crippen LogP contribution in [0.25, 0.3) is 0 Å². The van der Waals surface area contributed by atoms with Crippen LogP contribution in [-0.2, 0) is 5.41 Å². The molecule has 4 rings (SSSR count). The van der Waals surface area contributed by atoms with E-state index < -0.39 is 0 Å². The van der Waals surface area contributed by atoms with E-state index in [-0.39, 0.29) is 11.2 Å². The molecule has 1 aliphatic heterocycles. The van der Waals surface area contributed by atoms with Gasteiger partial charge in [0.05, 0.1) is 5.41 Å². The number of nitrogens with one attached hydrogen (secondary N) is 1. The molecule has 27 heavy (non-hydrogen) atoms. The van der Waals surface area contributed by atoms with E-state index >= 15 is 0 Å². The molecule has 1 aromatic heterocycles. The lowest BCUT2D eigenvalue weighted by Gasteiger charge is -2.37. The third-order valence-corrected chi connectivity index (χ3v) is 6.03. The zero-order valence-corrected chi connectivity index (χ0v) is 16.1. The van der Waals surface area contributed by atoms with E-state index in [1.54, 1.807) is 0 Å². The van der Waals surface area contributed by atoms with Crippen molar-refractivity contribution in [2.75, 3.05) is 44.6 Å². The summed E-state index contributed by atoms with van der Waals surface area (Å²) in [7, 11) is 0. The molecule has 0 amide bonds. The number of hydrogen-bond donors (Lipinski definition) is 1. The smallest absolute Gasteiger partial charge is 0.321 e. The van der Waals surface area contributed by atoms with Gasteiger partial charge in [0.15, 0.2) is 5.82 Å². The van der Waals surface area contributed by atoms with Crippen LogP contribution in [0, 0.1) is 5.82 Å². The van der Waals surface area contributed by atoms with Gasteiger partial charge in [-0.2, -0.15) is 4.98 Å². The van der Waals surface area contributed by atoms with Crippen LogP contribution in [0.5, 0.6) is 0 Å². The molecule has 0 radical (unpaired) electrons. The highest BCUT2D eigenvalue weighted by Gasteiger charge is 2.50. The van der Waals surface area contributed by atoms with Gasteiger partial charge in [0.1, 0.15) is 5.82 Å². The highest BCUT2D eigenvalue weighted by molar-refractivity contribution is 5.40. The van der Waals surface area contributed by atoms with Gasteiger partial charge in [-0.25, -0.2) is 4.39 Å². The Morgan fingerprint density at radius 1 is 1.19 bits per heavy atom. The second-order valence-corrected chi connectivity index (χ2v) is 7.71. The number of anilines is 1. The maximum absolute atomic E-state index is 13.2. The van der Waals surface area contributed by atoms with E-state index in [4.69, 9.17) is 4.52 Å². The van der Waals surface area contributed by atoms with E-state index in [2.05, 4.69) is 39.1 Å². The number of rotatable bonds is 7. The minimum atomic E-state index is -0.223. The first kappa shape index (κ1) is 18.4. The van der Waals surface area contributed by atoms with E-state index in [0.717, 1.165) is 57.7 Å². The fraction of sp³-hybridized carbons (Fsp3) is 0.600. The maximum atomic E-state index is 13.2. The molecule has 7 heteroatoms. The standard InChI is InChI=1S/C20H28FN5O/c1-3-25-10-12-26(13-11-25)15(2)14-22-19-23-18(24-27-19)20(8-9-20)16-4-6-17(21)7-5-16/h4-7,15H,3,8-14H2,1-2H3,(H,22,23,24). The number of piperazine rings is 1. The molecule has 2 fully saturated rings. The van der Waals surface area contributed by atoms with Crippen molar-refractivity contribution in [2.24, 2.45) is 0 Å². The third kappa shape index (κ3) is 3.84. The molecule has 1 saturated carbocycles. The van der Waals surface area contributed by atoms with Gasteiger partial charge in [0.2, 0.25) is 0 Å². The molecule has 1 aromatic carbocycles. The molecule has 1 unspecified atom stereocenters. The second-order valence-electron chi connectivity index (χ2n) is 7.71. The van der Waals surface area contributed by atoms with Crippen LogP contribution in [0.4, 0.5) is 10.4 Å². The lowest BCUT2D eigenvalue weighted by atomic mass is 9.95. The van der Waals surface area contributed by atoms with E-state index in [9.17, 15) is 4.39 Å².